The van der Waals surface area contributed by atoms with Crippen molar-refractivity contribution in [2.24, 2.45) is 0 Å². The Morgan fingerprint density at radius 1 is 1.29 bits per heavy atom. The number of carbonyl (C=O) groups excluding carboxylic acids is 2. The highest BCUT2D eigenvalue weighted by Gasteiger charge is 2.51. The first-order chi connectivity index (χ1) is 9.77. The average molecular weight is 308 g/mol. The summed E-state index contributed by atoms with van der Waals surface area (Å²) in [5.74, 6) is -6.62. The molecule has 5 nitrogen and oxygen atoms in total. The fraction of sp³-hybridized carbons (Fsp3) is 0.714. The lowest BCUT2D eigenvalue weighted by molar-refractivity contribution is -0.198. The molecule has 0 saturated heterocycles. The van der Waals surface area contributed by atoms with E-state index in [0.29, 0.717) is 12.8 Å². The summed E-state index contributed by atoms with van der Waals surface area (Å²) in [5, 5.41) is 0. The van der Waals surface area contributed by atoms with E-state index in [1.165, 1.54) is 14.0 Å². The van der Waals surface area contributed by atoms with E-state index in [4.69, 9.17) is 0 Å². The van der Waals surface area contributed by atoms with Crippen LogP contribution in [0.15, 0.2) is 12.2 Å². The standard InChI is InChI=1S/C14H22F2O5/c1-5-6-8-20-13(18)14(15,16)11(7-9-19-4)21-12(17)10(2)3/h11H,2,5-9H2,1,3-4H3. The van der Waals surface area contributed by atoms with Crippen LogP contribution in [0.4, 0.5) is 8.78 Å². The quantitative estimate of drug-likeness (QED) is 0.352. The molecule has 0 saturated carbocycles. The third kappa shape index (κ3) is 6.66. The molecule has 0 N–H and O–H groups in total. The third-order valence-corrected chi connectivity index (χ3v) is 2.59. The van der Waals surface area contributed by atoms with Crippen LogP contribution in [0, 0.1) is 0 Å². The molecule has 0 bridgehead atoms. The molecule has 0 spiro atoms. The summed E-state index contributed by atoms with van der Waals surface area (Å²) in [6.07, 6.45) is -1.09. The lowest BCUT2D eigenvalue weighted by Crippen LogP contribution is -2.46. The molecule has 0 heterocycles. The Bertz CT molecular complexity index is 368. The van der Waals surface area contributed by atoms with Gasteiger partial charge in [-0.1, -0.05) is 19.9 Å². The highest BCUT2D eigenvalue weighted by Crippen LogP contribution is 2.26. The summed E-state index contributed by atoms with van der Waals surface area (Å²) >= 11 is 0. The molecular weight excluding hydrogens is 286 g/mol. The minimum absolute atomic E-state index is 0.0347. The van der Waals surface area contributed by atoms with Gasteiger partial charge in [0, 0.05) is 25.7 Å². The van der Waals surface area contributed by atoms with Gasteiger partial charge in [0.1, 0.15) is 0 Å². The van der Waals surface area contributed by atoms with Crippen molar-refractivity contribution >= 4 is 11.9 Å². The van der Waals surface area contributed by atoms with E-state index in [-0.39, 0.29) is 25.2 Å². The molecule has 0 rings (SSSR count). The number of esters is 2. The number of halogens is 2. The summed E-state index contributed by atoms with van der Waals surface area (Å²) in [7, 11) is 1.31. The number of ether oxygens (including phenoxy) is 3. The van der Waals surface area contributed by atoms with Crippen LogP contribution in [0.1, 0.15) is 33.1 Å². The van der Waals surface area contributed by atoms with E-state index in [1.54, 1.807) is 0 Å². The zero-order chi connectivity index (χ0) is 16.5. The summed E-state index contributed by atoms with van der Waals surface area (Å²) in [5.41, 5.74) is -0.0347. The Hall–Kier alpha value is -1.50. The van der Waals surface area contributed by atoms with Gasteiger partial charge in [-0.15, -0.1) is 0 Å². The monoisotopic (exact) mass is 308 g/mol. The first-order valence-electron chi connectivity index (χ1n) is 6.67. The van der Waals surface area contributed by atoms with Crippen molar-refractivity contribution in [3.8, 4) is 0 Å². The van der Waals surface area contributed by atoms with Crippen molar-refractivity contribution in [2.45, 2.75) is 45.1 Å². The second-order valence-corrected chi connectivity index (χ2v) is 4.57. The zero-order valence-electron chi connectivity index (χ0n) is 12.6. The molecule has 0 radical (unpaired) electrons. The van der Waals surface area contributed by atoms with E-state index >= 15 is 0 Å². The van der Waals surface area contributed by atoms with Crippen LogP contribution in [0.2, 0.25) is 0 Å². The molecule has 0 aromatic rings. The summed E-state index contributed by atoms with van der Waals surface area (Å²) in [6.45, 7) is 6.28. The maximum atomic E-state index is 14.0. The van der Waals surface area contributed by atoms with Gasteiger partial charge >= 0.3 is 17.9 Å². The second kappa shape index (κ2) is 9.44. The van der Waals surface area contributed by atoms with Crippen LogP contribution >= 0.6 is 0 Å². The topological polar surface area (TPSA) is 61.8 Å². The van der Waals surface area contributed by atoms with Crippen molar-refractivity contribution in [3.05, 3.63) is 12.2 Å². The molecule has 0 amide bonds. The SMILES string of the molecule is C=C(C)C(=O)OC(CCOC)C(F)(F)C(=O)OCCCC. The van der Waals surface area contributed by atoms with Gasteiger partial charge in [-0.3, -0.25) is 0 Å². The van der Waals surface area contributed by atoms with Gasteiger partial charge in [0.25, 0.3) is 0 Å². The molecule has 1 unspecified atom stereocenters. The number of hydrogen-bond donors (Lipinski definition) is 0. The fourth-order valence-electron chi connectivity index (χ4n) is 1.31. The minimum atomic E-state index is -3.93. The number of methoxy groups -OCH3 is 1. The lowest BCUT2D eigenvalue weighted by Gasteiger charge is -2.25. The first-order valence-corrected chi connectivity index (χ1v) is 6.67. The summed E-state index contributed by atoms with van der Waals surface area (Å²) < 4.78 is 41.9. The number of alkyl halides is 2. The molecule has 21 heavy (non-hydrogen) atoms. The third-order valence-electron chi connectivity index (χ3n) is 2.59. The zero-order valence-corrected chi connectivity index (χ0v) is 12.6. The van der Waals surface area contributed by atoms with Crippen LogP contribution in [-0.4, -0.2) is 44.3 Å². The van der Waals surface area contributed by atoms with Crippen molar-refractivity contribution in [3.63, 3.8) is 0 Å². The molecule has 0 fully saturated rings. The Morgan fingerprint density at radius 3 is 2.38 bits per heavy atom. The Balaban J connectivity index is 4.86. The van der Waals surface area contributed by atoms with Gasteiger partial charge in [-0.2, -0.15) is 8.78 Å². The molecule has 7 heteroatoms. The van der Waals surface area contributed by atoms with Crippen molar-refractivity contribution in [1.82, 2.24) is 0 Å². The number of unbranched alkanes of at least 4 members (excludes halogenated alkanes) is 1. The van der Waals surface area contributed by atoms with E-state index in [9.17, 15) is 18.4 Å². The predicted octanol–water partition coefficient (Wildman–Crippen LogP) is 2.49. The van der Waals surface area contributed by atoms with E-state index in [2.05, 4.69) is 20.8 Å². The molecule has 0 aliphatic heterocycles. The van der Waals surface area contributed by atoms with Crippen LogP contribution in [0.3, 0.4) is 0 Å². The maximum absolute atomic E-state index is 14.0. The highest BCUT2D eigenvalue weighted by molar-refractivity contribution is 5.87. The van der Waals surface area contributed by atoms with E-state index < -0.39 is 24.0 Å². The van der Waals surface area contributed by atoms with E-state index in [1.807, 2.05) is 6.92 Å². The van der Waals surface area contributed by atoms with Crippen molar-refractivity contribution in [2.75, 3.05) is 20.3 Å². The predicted molar refractivity (Wildman–Crippen MR) is 72.0 cm³/mol. The molecule has 0 aromatic heterocycles. The highest BCUT2D eigenvalue weighted by atomic mass is 19.3. The van der Waals surface area contributed by atoms with Crippen LogP contribution in [-0.2, 0) is 23.8 Å². The normalized spacial score (nSPS) is 12.6. The number of carbonyl (C=O) groups is 2. The van der Waals surface area contributed by atoms with Gasteiger partial charge in [0.2, 0.25) is 0 Å². The first kappa shape index (κ1) is 19.5. The van der Waals surface area contributed by atoms with E-state index in [0.717, 1.165) is 0 Å². The molecule has 0 aliphatic carbocycles. The molecule has 122 valence electrons. The average Bonchev–Trinajstić information content (AvgIpc) is 2.42. The van der Waals surface area contributed by atoms with Gasteiger partial charge in [0.15, 0.2) is 6.10 Å². The van der Waals surface area contributed by atoms with Crippen molar-refractivity contribution < 1.29 is 32.6 Å². The maximum Gasteiger partial charge on any atom is 0.381 e. The molecule has 1 atom stereocenters. The Morgan fingerprint density at radius 2 is 1.90 bits per heavy atom. The summed E-state index contributed by atoms with van der Waals surface area (Å²) in [4.78, 5) is 22.9. The molecule has 0 aliphatic rings. The smallest absolute Gasteiger partial charge is 0.381 e. The van der Waals surface area contributed by atoms with Crippen molar-refractivity contribution in [1.29, 1.82) is 0 Å². The van der Waals surface area contributed by atoms with Gasteiger partial charge in [-0.05, 0) is 13.3 Å². The fourth-order valence-corrected chi connectivity index (χ4v) is 1.31. The largest absolute Gasteiger partial charge is 0.461 e. The van der Waals surface area contributed by atoms with Gasteiger partial charge in [-0.25, -0.2) is 9.59 Å². The lowest BCUT2D eigenvalue weighted by atomic mass is 10.1. The Kier molecular flexibility index (Phi) is 8.76. The van der Waals surface area contributed by atoms with Gasteiger partial charge in [0.05, 0.1) is 6.61 Å². The number of hydrogen-bond acceptors (Lipinski definition) is 5. The Labute approximate surface area is 123 Å². The van der Waals surface area contributed by atoms with Gasteiger partial charge < -0.3 is 14.2 Å². The minimum Gasteiger partial charge on any atom is -0.461 e. The number of rotatable bonds is 10. The second-order valence-electron chi connectivity index (χ2n) is 4.57. The summed E-state index contributed by atoms with van der Waals surface area (Å²) in [6, 6.07) is 0. The molecule has 0 aromatic carbocycles. The van der Waals surface area contributed by atoms with Crippen LogP contribution in [0.25, 0.3) is 0 Å². The van der Waals surface area contributed by atoms with Crippen LogP contribution in [0.5, 0.6) is 0 Å². The molecular formula is C14H22F2O5. The van der Waals surface area contributed by atoms with Crippen LogP contribution < -0.4 is 0 Å².